The van der Waals surface area contributed by atoms with Crippen molar-refractivity contribution in [3.05, 3.63) is 52.1 Å². The third-order valence-electron chi connectivity index (χ3n) is 3.16. The third-order valence-corrected chi connectivity index (χ3v) is 5.81. The number of halogens is 1. The molecule has 26 heavy (non-hydrogen) atoms. The fourth-order valence-corrected chi connectivity index (χ4v) is 4.15. The smallest absolute Gasteiger partial charge is 0.234 e. The first-order valence-corrected chi connectivity index (χ1v) is 10.4. The molecule has 0 saturated carbocycles. The Morgan fingerprint density at radius 1 is 1.19 bits per heavy atom. The lowest BCUT2D eigenvalue weighted by Crippen LogP contribution is -2.13. The Hall–Kier alpha value is -1.85. The number of hydrogen-bond acceptors (Lipinski definition) is 7. The zero-order valence-electron chi connectivity index (χ0n) is 13.7. The Labute approximate surface area is 172 Å². The molecule has 0 fully saturated rings. The van der Waals surface area contributed by atoms with Gasteiger partial charge in [0.05, 0.1) is 12.9 Å². The maximum atomic E-state index is 12.1. The zero-order valence-corrected chi connectivity index (χ0v) is 17.5. The van der Waals surface area contributed by atoms with E-state index in [1.165, 1.54) is 23.1 Å². The molecular weight excluding hydrogens is 483 g/mol. The van der Waals surface area contributed by atoms with Gasteiger partial charge < -0.3 is 15.4 Å². The van der Waals surface area contributed by atoms with Crippen molar-refractivity contribution < 1.29 is 9.53 Å². The minimum atomic E-state index is -0.0745. The molecule has 1 amide bonds. The Morgan fingerprint density at radius 2 is 2.00 bits per heavy atom. The van der Waals surface area contributed by atoms with Gasteiger partial charge in [0.15, 0.2) is 4.34 Å². The fourth-order valence-electron chi connectivity index (χ4n) is 2.03. The van der Waals surface area contributed by atoms with Gasteiger partial charge in [-0.05, 0) is 52.9 Å². The average molecular weight is 498 g/mol. The second kappa shape index (κ2) is 9.19. The van der Waals surface area contributed by atoms with Gasteiger partial charge in [0, 0.05) is 21.0 Å². The van der Waals surface area contributed by atoms with Crippen LogP contribution in [0.25, 0.3) is 0 Å². The highest BCUT2D eigenvalue weighted by molar-refractivity contribution is 14.1. The predicted octanol–water partition coefficient (Wildman–Crippen LogP) is 4.63. The lowest BCUT2D eigenvalue weighted by Gasteiger charge is -2.04. The lowest BCUT2D eigenvalue weighted by molar-refractivity contribution is -0.113. The molecule has 1 heterocycles. The van der Waals surface area contributed by atoms with Crippen LogP contribution in [0.1, 0.15) is 0 Å². The van der Waals surface area contributed by atoms with Gasteiger partial charge in [-0.25, -0.2) is 0 Å². The maximum Gasteiger partial charge on any atom is 0.234 e. The first-order valence-electron chi connectivity index (χ1n) is 7.55. The summed E-state index contributed by atoms with van der Waals surface area (Å²) in [6, 6.07) is 15.2. The molecule has 0 atom stereocenters. The number of nitrogens with zero attached hydrogens (tertiary/aromatic N) is 2. The number of hydrogen-bond donors (Lipinski definition) is 2. The highest BCUT2D eigenvalue weighted by Gasteiger charge is 2.09. The van der Waals surface area contributed by atoms with E-state index in [4.69, 9.17) is 4.74 Å². The van der Waals surface area contributed by atoms with E-state index in [2.05, 4.69) is 43.4 Å². The maximum absolute atomic E-state index is 12.1. The van der Waals surface area contributed by atoms with Crippen LogP contribution >= 0.6 is 45.7 Å². The number of ether oxygens (including phenoxy) is 1. The van der Waals surface area contributed by atoms with Crippen molar-refractivity contribution in [1.29, 1.82) is 0 Å². The molecule has 0 unspecified atom stereocenters. The second-order valence-electron chi connectivity index (χ2n) is 5.08. The summed E-state index contributed by atoms with van der Waals surface area (Å²) in [6.45, 7) is 0. The number of thioether (sulfide) groups is 1. The molecule has 0 radical (unpaired) electrons. The van der Waals surface area contributed by atoms with Crippen LogP contribution in [0.4, 0.5) is 16.5 Å². The molecule has 0 aliphatic carbocycles. The van der Waals surface area contributed by atoms with Crippen LogP contribution in [0.2, 0.25) is 0 Å². The first kappa shape index (κ1) is 18.9. The van der Waals surface area contributed by atoms with Crippen molar-refractivity contribution >= 4 is 68.1 Å². The number of nitrogens with one attached hydrogen (secondary N) is 2. The van der Waals surface area contributed by atoms with Gasteiger partial charge in [-0.3, -0.25) is 4.79 Å². The van der Waals surface area contributed by atoms with E-state index in [0.29, 0.717) is 5.13 Å². The van der Waals surface area contributed by atoms with Crippen LogP contribution in [0.3, 0.4) is 0 Å². The van der Waals surface area contributed by atoms with Gasteiger partial charge in [-0.15, -0.1) is 10.2 Å². The average Bonchev–Trinajstić information content (AvgIpc) is 3.07. The number of methoxy groups -OCH3 is 1. The van der Waals surface area contributed by atoms with Crippen molar-refractivity contribution in [2.45, 2.75) is 4.34 Å². The van der Waals surface area contributed by atoms with Crippen molar-refractivity contribution in [3.8, 4) is 5.75 Å². The number of aromatic nitrogens is 2. The highest BCUT2D eigenvalue weighted by atomic mass is 127. The normalized spacial score (nSPS) is 10.4. The lowest BCUT2D eigenvalue weighted by atomic mass is 10.3. The Bertz CT molecular complexity index is 904. The monoisotopic (exact) mass is 498 g/mol. The van der Waals surface area contributed by atoms with E-state index in [-0.39, 0.29) is 11.7 Å². The Kier molecular flexibility index (Phi) is 6.69. The molecule has 6 nitrogen and oxygen atoms in total. The molecule has 134 valence electrons. The molecule has 0 aliphatic heterocycles. The summed E-state index contributed by atoms with van der Waals surface area (Å²) in [5, 5.41) is 14.9. The predicted molar refractivity (Wildman–Crippen MR) is 115 cm³/mol. The Morgan fingerprint density at radius 3 is 2.81 bits per heavy atom. The fraction of sp³-hybridized carbons (Fsp3) is 0.118. The summed E-state index contributed by atoms with van der Waals surface area (Å²) in [7, 11) is 1.63. The van der Waals surface area contributed by atoms with Crippen LogP contribution in [0, 0.1) is 3.57 Å². The largest absolute Gasteiger partial charge is 0.497 e. The van der Waals surface area contributed by atoms with Gasteiger partial charge >= 0.3 is 0 Å². The van der Waals surface area contributed by atoms with E-state index < -0.39 is 0 Å². The molecular formula is C17H15IN4O2S2. The van der Waals surface area contributed by atoms with E-state index in [0.717, 1.165) is 25.0 Å². The van der Waals surface area contributed by atoms with E-state index >= 15 is 0 Å². The second-order valence-corrected chi connectivity index (χ2v) is 8.52. The topological polar surface area (TPSA) is 76.1 Å². The molecule has 2 N–H and O–H groups in total. The van der Waals surface area contributed by atoms with Gasteiger partial charge in [0.25, 0.3) is 0 Å². The quantitative estimate of drug-likeness (QED) is 0.366. The summed E-state index contributed by atoms with van der Waals surface area (Å²) in [4.78, 5) is 12.1. The van der Waals surface area contributed by atoms with Crippen LogP contribution in [0.15, 0.2) is 52.9 Å². The summed E-state index contributed by atoms with van der Waals surface area (Å²) in [5.41, 5.74) is 1.66. The number of anilines is 3. The molecule has 9 heteroatoms. The van der Waals surface area contributed by atoms with Crippen molar-refractivity contribution in [1.82, 2.24) is 10.2 Å². The van der Waals surface area contributed by atoms with E-state index in [1.807, 2.05) is 48.5 Å². The molecule has 3 aromatic rings. The molecule has 0 saturated heterocycles. The van der Waals surface area contributed by atoms with Gasteiger partial charge in [-0.1, -0.05) is 35.2 Å². The summed E-state index contributed by atoms with van der Waals surface area (Å²) < 4.78 is 7.00. The van der Waals surface area contributed by atoms with Gasteiger partial charge in [0.2, 0.25) is 11.0 Å². The van der Waals surface area contributed by atoms with Crippen LogP contribution in [-0.4, -0.2) is 29.0 Å². The van der Waals surface area contributed by atoms with Crippen molar-refractivity contribution in [2.24, 2.45) is 0 Å². The minimum Gasteiger partial charge on any atom is -0.497 e. The Balaban J connectivity index is 1.52. The zero-order chi connectivity index (χ0) is 18.4. The molecule has 0 bridgehead atoms. The summed E-state index contributed by atoms with van der Waals surface area (Å²) in [5.74, 6) is 0.968. The van der Waals surface area contributed by atoms with Gasteiger partial charge in [-0.2, -0.15) is 0 Å². The standard InChI is InChI=1S/C17H15IN4O2S2/c1-24-14-7-3-6-13(9-14)20-16-21-22-17(26-16)25-10-15(23)19-12-5-2-4-11(18)8-12/h2-9H,10H2,1H3,(H,19,23)(H,20,21). The number of carbonyl (C=O) groups is 1. The van der Waals surface area contributed by atoms with Crippen molar-refractivity contribution in [3.63, 3.8) is 0 Å². The summed E-state index contributed by atoms with van der Waals surface area (Å²) >= 11 is 4.97. The molecule has 3 rings (SSSR count). The summed E-state index contributed by atoms with van der Waals surface area (Å²) in [6.07, 6.45) is 0. The van der Waals surface area contributed by atoms with Crippen LogP contribution in [0.5, 0.6) is 5.75 Å². The highest BCUT2D eigenvalue weighted by Crippen LogP contribution is 2.28. The SMILES string of the molecule is COc1cccc(Nc2nnc(SCC(=O)Nc3cccc(I)c3)s2)c1. The molecule has 0 spiro atoms. The minimum absolute atomic E-state index is 0.0745. The molecule has 1 aromatic heterocycles. The number of amides is 1. The van der Waals surface area contributed by atoms with E-state index in [9.17, 15) is 4.79 Å². The number of benzene rings is 2. The van der Waals surface area contributed by atoms with Crippen LogP contribution < -0.4 is 15.4 Å². The van der Waals surface area contributed by atoms with Crippen molar-refractivity contribution in [2.75, 3.05) is 23.5 Å². The van der Waals surface area contributed by atoms with Crippen LogP contribution in [-0.2, 0) is 4.79 Å². The molecule has 2 aromatic carbocycles. The number of carbonyl (C=O) groups excluding carboxylic acids is 1. The molecule has 0 aliphatic rings. The van der Waals surface area contributed by atoms with E-state index in [1.54, 1.807) is 7.11 Å². The first-order chi connectivity index (χ1) is 12.6. The third kappa shape index (κ3) is 5.58. The number of rotatable bonds is 7. The van der Waals surface area contributed by atoms with Gasteiger partial charge in [0.1, 0.15) is 5.75 Å².